The Labute approximate surface area is 185 Å². The summed E-state index contributed by atoms with van der Waals surface area (Å²) in [5.74, 6) is 0. The summed E-state index contributed by atoms with van der Waals surface area (Å²) in [6, 6.07) is 28.5. The molecule has 0 saturated carbocycles. The van der Waals surface area contributed by atoms with Gasteiger partial charge >= 0.3 is 0 Å². The monoisotopic (exact) mass is 411 g/mol. The fourth-order valence-electron chi connectivity index (χ4n) is 5.04. The van der Waals surface area contributed by atoms with E-state index in [-0.39, 0.29) is 0 Å². The van der Waals surface area contributed by atoms with Gasteiger partial charge < -0.3 is 9.47 Å². The van der Waals surface area contributed by atoms with E-state index in [2.05, 4.69) is 93.2 Å². The molecule has 3 heteroatoms. The van der Waals surface area contributed by atoms with Crippen LogP contribution in [0.4, 0.5) is 0 Å². The highest BCUT2D eigenvalue weighted by atomic mass is 15.3. The van der Waals surface area contributed by atoms with Crippen LogP contribution in [0.3, 0.4) is 0 Å². The average molecular weight is 412 g/mol. The summed E-state index contributed by atoms with van der Waals surface area (Å²) in [5.41, 5.74) is 4.18. The number of aryl methyl sites for hydroxylation is 1. The van der Waals surface area contributed by atoms with E-state index in [0.717, 1.165) is 13.1 Å². The van der Waals surface area contributed by atoms with Gasteiger partial charge in [-0.15, -0.1) is 0 Å². The molecule has 1 aromatic heterocycles. The highest BCUT2D eigenvalue weighted by Gasteiger charge is 2.16. The van der Waals surface area contributed by atoms with Crippen LogP contribution in [-0.2, 0) is 13.1 Å². The molecule has 0 N–H and O–H groups in total. The Hall–Kier alpha value is -2.62. The number of unbranched alkanes of at least 4 members (excludes halogenated alkanes) is 2. The number of benzene rings is 3. The lowest BCUT2D eigenvalue weighted by atomic mass is 10.2. The van der Waals surface area contributed by atoms with Gasteiger partial charge in [0.25, 0.3) is 0 Å². The van der Waals surface area contributed by atoms with Crippen molar-refractivity contribution in [2.75, 3.05) is 32.7 Å². The maximum atomic E-state index is 2.65. The molecular weight excluding hydrogens is 378 g/mol. The lowest BCUT2D eigenvalue weighted by Gasteiger charge is -2.34. The fraction of sp³-hybridized carbons (Fsp3) is 0.357. The number of piperazine rings is 1. The molecule has 1 aliphatic heterocycles. The zero-order chi connectivity index (χ0) is 20.9. The predicted octanol–water partition coefficient (Wildman–Crippen LogP) is 5.78. The van der Waals surface area contributed by atoms with E-state index in [1.807, 2.05) is 0 Å². The zero-order valence-electron chi connectivity index (χ0n) is 18.4. The van der Waals surface area contributed by atoms with Crippen LogP contribution in [0, 0.1) is 0 Å². The predicted molar refractivity (Wildman–Crippen MR) is 131 cm³/mol. The minimum atomic E-state index is 1.09. The number of aromatic nitrogens is 1. The fourth-order valence-corrected chi connectivity index (χ4v) is 5.04. The van der Waals surface area contributed by atoms with Crippen LogP contribution in [-0.4, -0.2) is 47.1 Å². The third-order valence-electron chi connectivity index (χ3n) is 6.75. The number of hydrogen-bond donors (Lipinski definition) is 0. The van der Waals surface area contributed by atoms with Crippen molar-refractivity contribution in [1.82, 2.24) is 14.4 Å². The molecule has 3 nitrogen and oxygen atoms in total. The molecule has 1 fully saturated rings. The van der Waals surface area contributed by atoms with Crippen molar-refractivity contribution in [1.29, 1.82) is 0 Å². The minimum Gasteiger partial charge on any atom is -0.340 e. The van der Waals surface area contributed by atoms with E-state index in [1.54, 1.807) is 0 Å². The first kappa shape index (κ1) is 20.3. The number of fused-ring (bicyclic) bond motifs is 3. The van der Waals surface area contributed by atoms with E-state index < -0.39 is 0 Å². The summed E-state index contributed by atoms with van der Waals surface area (Å²) in [4.78, 5) is 5.25. The normalized spacial score (nSPS) is 15.7. The van der Waals surface area contributed by atoms with Crippen LogP contribution in [0.15, 0.2) is 78.9 Å². The minimum absolute atomic E-state index is 1.09. The van der Waals surface area contributed by atoms with Crippen LogP contribution in [0.5, 0.6) is 0 Å². The number of nitrogens with zero attached hydrogens (tertiary/aromatic N) is 3. The Morgan fingerprint density at radius 2 is 1.06 bits per heavy atom. The van der Waals surface area contributed by atoms with Crippen molar-refractivity contribution >= 4 is 21.8 Å². The molecule has 5 rings (SSSR count). The van der Waals surface area contributed by atoms with Crippen LogP contribution >= 0.6 is 0 Å². The van der Waals surface area contributed by atoms with Crippen molar-refractivity contribution in [3.05, 3.63) is 84.4 Å². The van der Waals surface area contributed by atoms with E-state index >= 15 is 0 Å². The summed E-state index contributed by atoms with van der Waals surface area (Å²) in [6.45, 7) is 8.24. The third kappa shape index (κ3) is 4.68. The first-order valence-electron chi connectivity index (χ1n) is 11.8. The summed E-state index contributed by atoms with van der Waals surface area (Å²) in [7, 11) is 0. The highest BCUT2D eigenvalue weighted by Crippen LogP contribution is 2.29. The van der Waals surface area contributed by atoms with Crippen molar-refractivity contribution in [3.63, 3.8) is 0 Å². The Bertz CT molecular complexity index is 1050. The van der Waals surface area contributed by atoms with Gasteiger partial charge in [-0.3, -0.25) is 4.90 Å². The summed E-state index contributed by atoms with van der Waals surface area (Å²) in [5, 5.41) is 2.76. The smallest absolute Gasteiger partial charge is 0.0491 e. The summed E-state index contributed by atoms with van der Waals surface area (Å²) in [6.07, 6.45) is 3.84. The summed E-state index contributed by atoms with van der Waals surface area (Å²) < 4.78 is 2.52. The van der Waals surface area contributed by atoms with E-state index in [1.165, 1.54) is 79.4 Å². The quantitative estimate of drug-likeness (QED) is 0.340. The molecule has 1 saturated heterocycles. The second-order valence-electron chi connectivity index (χ2n) is 8.85. The molecular formula is C28H33N3. The number of para-hydroxylation sites is 2. The van der Waals surface area contributed by atoms with Crippen molar-refractivity contribution in [2.45, 2.75) is 32.4 Å². The maximum Gasteiger partial charge on any atom is 0.0491 e. The van der Waals surface area contributed by atoms with Crippen molar-refractivity contribution in [2.24, 2.45) is 0 Å². The Morgan fingerprint density at radius 3 is 1.74 bits per heavy atom. The van der Waals surface area contributed by atoms with Gasteiger partial charge in [-0.1, -0.05) is 73.2 Å². The molecule has 0 radical (unpaired) electrons. The third-order valence-corrected chi connectivity index (χ3v) is 6.75. The molecule has 0 bridgehead atoms. The first-order valence-corrected chi connectivity index (χ1v) is 11.8. The van der Waals surface area contributed by atoms with Crippen molar-refractivity contribution in [3.8, 4) is 0 Å². The van der Waals surface area contributed by atoms with Gasteiger partial charge in [0.15, 0.2) is 0 Å². The van der Waals surface area contributed by atoms with Crippen molar-refractivity contribution < 1.29 is 0 Å². The lowest BCUT2D eigenvalue weighted by molar-refractivity contribution is 0.125. The van der Waals surface area contributed by atoms with Gasteiger partial charge in [0.2, 0.25) is 0 Å². The molecule has 3 aromatic carbocycles. The van der Waals surface area contributed by atoms with Gasteiger partial charge in [-0.25, -0.2) is 0 Å². The van der Waals surface area contributed by atoms with Gasteiger partial charge in [0.1, 0.15) is 0 Å². The van der Waals surface area contributed by atoms with Crippen LogP contribution in [0.1, 0.15) is 24.8 Å². The van der Waals surface area contributed by atoms with E-state index in [9.17, 15) is 0 Å². The topological polar surface area (TPSA) is 11.4 Å². The number of rotatable bonds is 8. The van der Waals surface area contributed by atoms with E-state index in [0.29, 0.717) is 0 Å². The van der Waals surface area contributed by atoms with E-state index in [4.69, 9.17) is 0 Å². The highest BCUT2D eigenvalue weighted by molar-refractivity contribution is 6.07. The first-order chi connectivity index (χ1) is 15.4. The molecule has 0 unspecified atom stereocenters. The molecule has 160 valence electrons. The molecule has 4 aromatic rings. The maximum absolute atomic E-state index is 2.65. The molecule has 1 aliphatic rings. The van der Waals surface area contributed by atoms with Crippen LogP contribution in [0.2, 0.25) is 0 Å². The lowest BCUT2D eigenvalue weighted by Crippen LogP contribution is -2.46. The van der Waals surface area contributed by atoms with Crippen LogP contribution < -0.4 is 0 Å². The molecule has 0 spiro atoms. The van der Waals surface area contributed by atoms with Gasteiger partial charge in [-0.2, -0.15) is 0 Å². The Balaban J connectivity index is 1.08. The molecule has 0 aliphatic carbocycles. The zero-order valence-corrected chi connectivity index (χ0v) is 18.4. The average Bonchev–Trinajstić information content (AvgIpc) is 3.15. The second kappa shape index (κ2) is 9.67. The van der Waals surface area contributed by atoms with Crippen LogP contribution in [0.25, 0.3) is 21.8 Å². The number of hydrogen-bond acceptors (Lipinski definition) is 2. The second-order valence-corrected chi connectivity index (χ2v) is 8.85. The molecule has 0 atom stereocenters. The molecule has 0 amide bonds. The SMILES string of the molecule is c1ccc(CN2CCN(CCCCCn3c4ccccc4c4ccccc43)CC2)cc1. The molecule has 31 heavy (non-hydrogen) atoms. The largest absolute Gasteiger partial charge is 0.340 e. The summed E-state index contributed by atoms with van der Waals surface area (Å²) >= 11 is 0. The standard InChI is InChI=1S/C28H33N3/c1-3-11-24(12-4-1)23-30-21-19-29(20-22-30)17-9-2-10-18-31-27-15-7-5-13-25(27)26-14-6-8-16-28(26)31/h1,3-8,11-16H,2,9-10,17-23H2. The Morgan fingerprint density at radius 1 is 0.516 bits per heavy atom. The van der Waals surface area contributed by atoms with Gasteiger partial charge in [-0.05, 0) is 37.1 Å². The Kier molecular flexibility index (Phi) is 6.33. The van der Waals surface area contributed by atoms with Gasteiger partial charge in [0, 0.05) is 61.1 Å². The van der Waals surface area contributed by atoms with Gasteiger partial charge in [0.05, 0.1) is 0 Å². The molecule has 2 heterocycles.